The summed E-state index contributed by atoms with van der Waals surface area (Å²) in [5.74, 6) is 1.37. The number of hydrogen-bond acceptors (Lipinski definition) is 3. The van der Waals surface area contributed by atoms with Gasteiger partial charge in [-0.3, -0.25) is 4.79 Å². The first-order valence-corrected chi connectivity index (χ1v) is 8.33. The van der Waals surface area contributed by atoms with Crippen molar-refractivity contribution in [3.8, 4) is 5.75 Å². The zero-order valence-corrected chi connectivity index (χ0v) is 14.1. The van der Waals surface area contributed by atoms with Gasteiger partial charge in [0.1, 0.15) is 5.75 Å². The summed E-state index contributed by atoms with van der Waals surface area (Å²) in [6, 6.07) is 4.33. The van der Waals surface area contributed by atoms with Gasteiger partial charge in [0, 0.05) is 30.0 Å². The van der Waals surface area contributed by atoms with Crippen molar-refractivity contribution in [3.05, 3.63) is 28.8 Å². The van der Waals surface area contributed by atoms with Crippen molar-refractivity contribution in [1.82, 2.24) is 5.32 Å². The van der Waals surface area contributed by atoms with Crippen LogP contribution >= 0.6 is 0 Å². The summed E-state index contributed by atoms with van der Waals surface area (Å²) in [4.78, 5) is 11.8. The fourth-order valence-corrected chi connectivity index (χ4v) is 2.83. The van der Waals surface area contributed by atoms with Gasteiger partial charge in [-0.05, 0) is 24.0 Å². The second-order valence-electron chi connectivity index (χ2n) is 6.31. The molecule has 0 saturated carbocycles. The maximum atomic E-state index is 11.8. The smallest absolute Gasteiger partial charge is 0.220 e. The molecule has 0 saturated heterocycles. The number of nitrogens with two attached hydrogens (primary N) is 1. The third kappa shape index (κ3) is 3.43. The normalized spacial score (nSPS) is 18.5. The Morgan fingerprint density at radius 2 is 2.14 bits per heavy atom. The molecular weight excluding hydrogens is 276 g/mol. The van der Waals surface area contributed by atoms with Gasteiger partial charge in [-0.15, -0.1) is 0 Å². The lowest BCUT2D eigenvalue weighted by atomic mass is 9.88. The van der Waals surface area contributed by atoms with Gasteiger partial charge in [0.15, 0.2) is 0 Å². The van der Waals surface area contributed by atoms with E-state index in [1.165, 1.54) is 5.56 Å². The fourth-order valence-electron chi connectivity index (χ4n) is 2.83. The first-order valence-electron chi connectivity index (χ1n) is 8.33. The molecule has 0 bridgehead atoms. The van der Waals surface area contributed by atoms with Gasteiger partial charge in [-0.2, -0.15) is 0 Å². The summed E-state index contributed by atoms with van der Waals surface area (Å²) in [6.07, 6.45) is 2.17. The molecule has 2 rings (SSSR count). The summed E-state index contributed by atoms with van der Waals surface area (Å²) < 4.78 is 5.93. The van der Waals surface area contributed by atoms with Crippen molar-refractivity contribution in [2.45, 2.75) is 65.0 Å². The Labute approximate surface area is 133 Å². The third-order valence-electron chi connectivity index (χ3n) is 4.36. The second kappa shape index (κ2) is 7.14. The lowest BCUT2D eigenvalue weighted by molar-refractivity contribution is -0.121. The summed E-state index contributed by atoms with van der Waals surface area (Å²) >= 11 is 0. The number of benzene rings is 1. The molecule has 122 valence electrons. The van der Waals surface area contributed by atoms with Gasteiger partial charge >= 0.3 is 0 Å². The van der Waals surface area contributed by atoms with Crippen LogP contribution in [0.4, 0.5) is 0 Å². The molecule has 1 aromatic rings. The fraction of sp³-hybridized carbons (Fsp3) is 0.611. The predicted octanol–water partition coefficient (Wildman–Crippen LogP) is 3.57. The number of carbonyl (C=O) groups is 1. The minimum absolute atomic E-state index is 0.0257. The number of amides is 1. The largest absolute Gasteiger partial charge is 0.493 e. The van der Waals surface area contributed by atoms with Crippen LogP contribution in [0.25, 0.3) is 0 Å². The quantitative estimate of drug-likeness (QED) is 0.874. The van der Waals surface area contributed by atoms with Gasteiger partial charge in [-0.1, -0.05) is 33.8 Å². The number of nitrogens with one attached hydrogen (secondary N) is 1. The van der Waals surface area contributed by atoms with Gasteiger partial charge in [0.05, 0.1) is 12.6 Å². The van der Waals surface area contributed by atoms with Crippen molar-refractivity contribution in [3.63, 3.8) is 0 Å². The summed E-state index contributed by atoms with van der Waals surface area (Å²) in [7, 11) is 0. The standard InChI is InChI=1S/C18H28N2O2/c1-5-15(19)13-9-12(11(3)4)10-14-16(20-17(21)6-2)7-8-22-18(13)14/h9-11,15-16H,5-8,19H2,1-4H3,(H,20,21). The Bertz CT molecular complexity index is 540. The van der Waals surface area contributed by atoms with Crippen molar-refractivity contribution < 1.29 is 9.53 Å². The van der Waals surface area contributed by atoms with Crippen LogP contribution < -0.4 is 15.8 Å². The van der Waals surface area contributed by atoms with E-state index < -0.39 is 0 Å². The molecule has 0 radical (unpaired) electrons. The maximum absolute atomic E-state index is 11.8. The Kier molecular flexibility index (Phi) is 5.46. The van der Waals surface area contributed by atoms with Crippen LogP contribution in [0.5, 0.6) is 5.75 Å². The lowest BCUT2D eigenvalue weighted by Gasteiger charge is -2.31. The van der Waals surface area contributed by atoms with Crippen LogP contribution in [0.15, 0.2) is 12.1 Å². The number of rotatable bonds is 5. The lowest BCUT2D eigenvalue weighted by Crippen LogP contribution is -2.32. The Balaban J connectivity index is 2.49. The van der Waals surface area contributed by atoms with E-state index in [2.05, 4.69) is 38.2 Å². The van der Waals surface area contributed by atoms with Crippen molar-refractivity contribution in [1.29, 1.82) is 0 Å². The minimum atomic E-state index is -0.0342. The van der Waals surface area contributed by atoms with E-state index in [0.717, 1.165) is 29.7 Å². The highest BCUT2D eigenvalue weighted by atomic mass is 16.5. The van der Waals surface area contributed by atoms with Gasteiger partial charge in [-0.25, -0.2) is 0 Å². The molecule has 1 aliphatic heterocycles. The van der Waals surface area contributed by atoms with Crippen molar-refractivity contribution >= 4 is 5.91 Å². The molecule has 1 aliphatic rings. The molecule has 0 spiro atoms. The molecule has 0 fully saturated rings. The number of carbonyl (C=O) groups excluding carboxylic acids is 1. The number of ether oxygens (including phenoxy) is 1. The monoisotopic (exact) mass is 304 g/mol. The van der Waals surface area contributed by atoms with E-state index >= 15 is 0 Å². The average molecular weight is 304 g/mol. The molecule has 1 amide bonds. The SMILES string of the molecule is CCC(=O)NC1CCOc2c(C(N)CC)cc(C(C)C)cc21. The van der Waals surface area contributed by atoms with E-state index in [1.807, 2.05) is 6.92 Å². The molecule has 4 nitrogen and oxygen atoms in total. The van der Waals surface area contributed by atoms with E-state index in [1.54, 1.807) is 0 Å². The van der Waals surface area contributed by atoms with E-state index in [0.29, 0.717) is 18.9 Å². The molecule has 0 aromatic heterocycles. The Morgan fingerprint density at radius 3 is 2.73 bits per heavy atom. The Hall–Kier alpha value is -1.55. The van der Waals surface area contributed by atoms with Gasteiger partial charge < -0.3 is 15.8 Å². The zero-order chi connectivity index (χ0) is 16.3. The molecule has 2 unspecified atom stereocenters. The van der Waals surface area contributed by atoms with Crippen LogP contribution in [-0.2, 0) is 4.79 Å². The first kappa shape index (κ1) is 16.8. The van der Waals surface area contributed by atoms with Crippen LogP contribution in [0.3, 0.4) is 0 Å². The summed E-state index contributed by atoms with van der Waals surface area (Å²) in [5, 5.41) is 3.12. The van der Waals surface area contributed by atoms with Crippen molar-refractivity contribution in [2.24, 2.45) is 5.73 Å². The number of hydrogen-bond donors (Lipinski definition) is 2. The van der Waals surface area contributed by atoms with E-state index in [-0.39, 0.29) is 18.0 Å². The second-order valence-corrected chi connectivity index (χ2v) is 6.31. The molecule has 4 heteroatoms. The molecule has 3 N–H and O–H groups in total. The molecule has 0 aliphatic carbocycles. The van der Waals surface area contributed by atoms with Gasteiger partial charge in [0.2, 0.25) is 5.91 Å². The topological polar surface area (TPSA) is 64.3 Å². The van der Waals surface area contributed by atoms with Gasteiger partial charge in [0.25, 0.3) is 0 Å². The predicted molar refractivity (Wildman–Crippen MR) is 89.0 cm³/mol. The molecule has 1 aromatic carbocycles. The molecule has 22 heavy (non-hydrogen) atoms. The summed E-state index contributed by atoms with van der Waals surface area (Å²) in [6.45, 7) is 8.92. The maximum Gasteiger partial charge on any atom is 0.220 e. The molecular formula is C18H28N2O2. The third-order valence-corrected chi connectivity index (χ3v) is 4.36. The van der Waals surface area contributed by atoms with Crippen LogP contribution in [0.1, 0.15) is 81.6 Å². The minimum Gasteiger partial charge on any atom is -0.493 e. The summed E-state index contributed by atoms with van der Waals surface area (Å²) in [5.41, 5.74) is 9.69. The molecule has 2 atom stereocenters. The first-order chi connectivity index (χ1) is 10.5. The van der Waals surface area contributed by atoms with Crippen molar-refractivity contribution in [2.75, 3.05) is 6.61 Å². The van der Waals surface area contributed by atoms with Crippen LogP contribution in [0.2, 0.25) is 0 Å². The van der Waals surface area contributed by atoms with Crippen LogP contribution in [-0.4, -0.2) is 12.5 Å². The van der Waals surface area contributed by atoms with Crippen LogP contribution in [0, 0.1) is 0 Å². The average Bonchev–Trinajstić information content (AvgIpc) is 2.53. The highest BCUT2D eigenvalue weighted by molar-refractivity contribution is 5.76. The number of fused-ring (bicyclic) bond motifs is 1. The Morgan fingerprint density at radius 1 is 1.41 bits per heavy atom. The molecule has 1 heterocycles. The van der Waals surface area contributed by atoms with E-state index in [9.17, 15) is 4.79 Å². The zero-order valence-electron chi connectivity index (χ0n) is 14.1. The highest BCUT2D eigenvalue weighted by Gasteiger charge is 2.27. The highest BCUT2D eigenvalue weighted by Crippen LogP contribution is 2.40. The van der Waals surface area contributed by atoms with E-state index in [4.69, 9.17) is 10.5 Å².